The molecular formula is C18H14O3. The zero-order valence-electron chi connectivity index (χ0n) is 11.3. The Kier molecular flexibility index (Phi) is 4.83. The maximum absolute atomic E-state index is 11.9. The minimum absolute atomic E-state index is 0.0505. The molecule has 0 saturated carbocycles. The van der Waals surface area contributed by atoms with Gasteiger partial charge in [-0.2, -0.15) is 0 Å². The van der Waals surface area contributed by atoms with Crippen molar-refractivity contribution in [2.24, 2.45) is 0 Å². The average molecular weight is 278 g/mol. The molecular weight excluding hydrogens is 264 g/mol. The number of rotatable bonds is 5. The van der Waals surface area contributed by atoms with Gasteiger partial charge in [-0.1, -0.05) is 60.7 Å². The highest BCUT2D eigenvalue weighted by Crippen LogP contribution is 2.09. The van der Waals surface area contributed by atoms with Gasteiger partial charge in [0.1, 0.15) is 0 Å². The summed E-state index contributed by atoms with van der Waals surface area (Å²) in [5.74, 6) is -1.03. The molecule has 0 aliphatic carbocycles. The third-order valence-electron chi connectivity index (χ3n) is 2.84. The van der Waals surface area contributed by atoms with Crippen LogP contribution in [0.3, 0.4) is 0 Å². The molecule has 0 saturated heterocycles. The Morgan fingerprint density at radius 2 is 1.29 bits per heavy atom. The van der Waals surface area contributed by atoms with Crippen molar-refractivity contribution >= 4 is 23.9 Å². The van der Waals surface area contributed by atoms with Crippen molar-refractivity contribution in [2.45, 2.75) is 0 Å². The predicted octanol–water partition coefficient (Wildman–Crippen LogP) is 3.68. The van der Waals surface area contributed by atoms with Crippen molar-refractivity contribution in [1.82, 2.24) is 0 Å². The summed E-state index contributed by atoms with van der Waals surface area (Å²) in [5, 5.41) is 8.55. The normalized spacial score (nSPS) is 11.0. The molecule has 2 aromatic rings. The zero-order chi connectivity index (χ0) is 15.1. The molecule has 0 spiro atoms. The highest BCUT2D eigenvalue weighted by Gasteiger charge is 1.99. The van der Waals surface area contributed by atoms with Crippen LogP contribution in [-0.4, -0.2) is 16.9 Å². The van der Waals surface area contributed by atoms with Crippen molar-refractivity contribution in [3.05, 3.63) is 83.4 Å². The van der Waals surface area contributed by atoms with E-state index in [1.807, 2.05) is 30.3 Å². The molecule has 2 rings (SSSR count). The SMILES string of the molecule is O=C(O)C=Cc1ccc(C=CC(=O)c2ccccc2)cc1. The summed E-state index contributed by atoms with van der Waals surface area (Å²) in [5.41, 5.74) is 2.32. The molecule has 0 unspecified atom stereocenters. The Labute approximate surface area is 122 Å². The quantitative estimate of drug-likeness (QED) is 0.670. The van der Waals surface area contributed by atoms with Gasteiger partial charge >= 0.3 is 5.97 Å². The van der Waals surface area contributed by atoms with E-state index in [-0.39, 0.29) is 5.78 Å². The number of ketones is 1. The summed E-state index contributed by atoms with van der Waals surface area (Å²) in [7, 11) is 0. The van der Waals surface area contributed by atoms with Crippen LogP contribution >= 0.6 is 0 Å². The molecule has 0 aliphatic heterocycles. The van der Waals surface area contributed by atoms with E-state index >= 15 is 0 Å². The Balaban J connectivity index is 2.05. The number of carbonyl (C=O) groups is 2. The lowest BCUT2D eigenvalue weighted by Crippen LogP contribution is -1.92. The molecule has 104 valence electrons. The largest absolute Gasteiger partial charge is 0.478 e. The van der Waals surface area contributed by atoms with Gasteiger partial charge in [-0.3, -0.25) is 4.79 Å². The van der Waals surface area contributed by atoms with Gasteiger partial charge in [-0.15, -0.1) is 0 Å². The second-order valence-corrected chi connectivity index (χ2v) is 4.40. The smallest absolute Gasteiger partial charge is 0.328 e. The third-order valence-corrected chi connectivity index (χ3v) is 2.84. The van der Waals surface area contributed by atoms with Crippen LogP contribution < -0.4 is 0 Å². The maximum atomic E-state index is 11.9. The highest BCUT2D eigenvalue weighted by atomic mass is 16.4. The molecule has 0 radical (unpaired) electrons. The van der Waals surface area contributed by atoms with Crippen molar-refractivity contribution in [3.8, 4) is 0 Å². The lowest BCUT2D eigenvalue weighted by atomic mass is 10.1. The second kappa shape index (κ2) is 7.01. The second-order valence-electron chi connectivity index (χ2n) is 4.40. The van der Waals surface area contributed by atoms with Gasteiger partial charge in [0.25, 0.3) is 0 Å². The average Bonchev–Trinajstić information content (AvgIpc) is 2.52. The van der Waals surface area contributed by atoms with Crippen molar-refractivity contribution in [1.29, 1.82) is 0 Å². The molecule has 0 heterocycles. The van der Waals surface area contributed by atoms with Crippen LogP contribution in [-0.2, 0) is 4.79 Å². The van der Waals surface area contributed by atoms with E-state index in [1.54, 1.807) is 30.3 Å². The number of hydrogen-bond donors (Lipinski definition) is 1. The molecule has 2 aromatic carbocycles. The Morgan fingerprint density at radius 3 is 1.81 bits per heavy atom. The topological polar surface area (TPSA) is 54.4 Å². The number of allylic oxidation sites excluding steroid dienone is 1. The first kappa shape index (κ1) is 14.5. The Hall–Kier alpha value is -2.94. The highest BCUT2D eigenvalue weighted by molar-refractivity contribution is 6.06. The molecule has 0 atom stereocenters. The van der Waals surface area contributed by atoms with Crippen molar-refractivity contribution in [2.75, 3.05) is 0 Å². The van der Waals surface area contributed by atoms with Gasteiger partial charge in [0.2, 0.25) is 0 Å². The lowest BCUT2D eigenvalue weighted by Gasteiger charge is -1.97. The van der Waals surface area contributed by atoms with Crippen LogP contribution in [0.5, 0.6) is 0 Å². The Bertz CT molecular complexity index is 680. The number of carboxylic acids is 1. The molecule has 0 aromatic heterocycles. The molecule has 3 heteroatoms. The minimum atomic E-state index is -0.979. The first-order valence-corrected chi connectivity index (χ1v) is 6.44. The van der Waals surface area contributed by atoms with Crippen LogP contribution in [0.1, 0.15) is 21.5 Å². The van der Waals surface area contributed by atoms with Gasteiger partial charge in [0.15, 0.2) is 5.78 Å². The number of carbonyl (C=O) groups excluding carboxylic acids is 1. The summed E-state index contributed by atoms with van der Waals surface area (Å²) < 4.78 is 0. The van der Waals surface area contributed by atoms with E-state index in [4.69, 9.17) is 5.11 Å². The summed E-state index contributed by atoms with van der Waals surface area (Å²) in [6.45, 7) is 0. The molecule has 21 heavy (non-hydrogen) atoms. The summed E-state index contributed by atoms with van der Waals surface area (Å²) in [4.78, 5) is 22.3. The molecule has 1 N–H and O–H groups in total. The van der Waals surface area contributed by atoms with Crippen molar-refractivity contribution in [3.63, 3.8) is 0 Å². The van der Waals surface area contributed by atoms with E-state index in [0.29, 0.717) is 5.56 Å². The number of hydrogen-bond acceptors (Lipinski definition) is 2. The van der Waals surface area contributed by atoms with E-state index in [1.165, 1.54) is 12.2 Å². The fraction of sp³-hybridized carbons (Fsp3) is 0. The van der Waals surface area contributed by atoms with Crippen LogP contribution in [0.2, 0.25) is 0 Å². The van der Waals surface area contributed by atoms with E-state index < -0.39 is 5.97 Å². The van der Waals surface area contributed by atoms with Crippen LogP contribution in [0, 0.1) is 0 Å². The molecule has 0 fully saturated rings. The monoisotopic (exact) mass is 278 g/mol. The lowest BCUT2D eigenvalue weighted by molar-refractivity contribution is -0.131. The van der Waals surface area contributed by atoms with Crippen LogP contribution in [0.25, 0.3) is 12.2 Å². The number of aliphatic carboxylic acids is 1. The summed E-state index contributed by atoms with van der Waals surface area (Å²) in [6.07, 6.45) is 5.87. The van der Waals surface area contributed by atoms with Crippen LogP contribution in [0.4, 0.5) is 0 Å². The van der Waals surface area contributed by atoms with Gasteiger partial charge < -0.3 is 5.11 Å². The minimum Gasteiger partial charge on any atom is -0.478 e. The molecule has 3 nitrogen and oxygen atoms in total. The fourth-order valence-corrected chi connectivity index (χ4v) is 1.76. The fourth-order valence-electron chi connectivity index (χ4n) is 1.76. The first-order chi connectivity index (χ1) is 10.1. The van der Waals surface area contributed by atoms with Gasteiger partial charge in [-0.05, 0) is 23.3 Å². The number of carboxylic acid groups (broad SMARTS) is 1. The summed E-state index contributed by atoms with van der Waals surface area (Å²) in [6, 6.07) is 16.3. The maximum Gasteiger partial charge on any atom is 0.328 e. The molecule has 0 amide bonds. The molecule has 0 bridgehead atoms. The standard InChI is InChI=1S/C18H14O3/c19-17(16-4-2-1-3-5-16)12-10-14-6-8-15(9-7-14)11-13-18(20)21/h1-13H,(H,20,21). The van der Waals surface area contributed by atoms with Gasteiger partial charge in [0.05, 0.1) is 0 Å². The van der Waals surface area contributed by atoms with E-state index in [9.17, 15) is 9.59 Å². The summed E-state index contributed by atoms with van der Waals surface area (Å²) >= 11 is 0. The third kappa shape index (κ3) is 4.58. The predicted molar refractivity (Wildman–Crippen MR) is 82.9 cm³/mol. The van der Waals surface area contributed by atoms with Crippen molar-refractivity contribution < 1.29 is 14.7 Å². The van der Waals surface area contributed by atoms with Gasteiger partial charge in [-0.25, -0.2) is 4.79 Å². The molecule has 0 aliphatic rings. The van der Waals surface area contributed by atoms with Gasteiger partial charge in [0, 0.05) is 11.6 Å². The Morgan fingerprint density at radius 1 is 0.762 bits per heavy atom. The number of benzene rings is 2. The zero-order valence-corrected chi connectivity index (χ0v) is 11.3. The van der Waals surface area contributed by atoms with Crippen LogP contribution in [0.15, 0.2) is 66.7 Å². The first-order valence-electron chi connectivity index (χ1n) is 6.44. The van der Waals surface area contributed by atoms with E-state index in [2.05, 4.69) is 0 Å². The van der Waals surface area contributed by atoms with E-state index in [0.717, 1.165) is 17.2 Å².